The van der Waals surface area contributed by atoms with Crippen LogP contribution in [0.1, 0.15) is 25.2 Å². The fourth-order valence-electron chi connectivity index (χ4n) is 3.66. The molecule has 0 saturated carbocycles. The standard InChI is InChI=1S/C23H26N4O4S/c1-5-30-21-11-16-10-14(2)31-20(16)12-17(21)24-22(28)13-32-23-26-25-15(3)27(23)18-8-6-7-9-19(18)29-4/h6-9,11-12,14H,5,10,13H2,1-4H3,(H,24,28)/t14-/m1/s1. The lowest BCUT2D eigenvalue weighted by atomic mass is 10.1. The summed E-state index contributed by atoms with van der Waals surface area (Å²) in [5.74, 6) is 2.84. The van der Waals surface area contributed by atoms with E-state index >= 15 is 0 Å². The summed E-state index contributed by atoms with van der Waals surface area (Å²) in [4.78, 5) is 12.8. The molecule has 168 valence electrons. The van der Waals surface area contributed by atoms with E-state index in [9.17, 15) is 4.79 Å². The molecule has 8 nitrogen and oxygen atoms in total. The number of para-hydroxylation sites is 2. The number of nitrogens with one attached hydrogen (secondary N) is 1. The number of carbonyl (C=O) groups is 1. The van der Waals surface area contributed by atoms with Crippen LogP contribution in [0, 0.1) is 6.92 Å². The van der Waals surface area contributed by atoms with Gasteiger partial charge in [-0.05, 0) is 39.0 Å². The average molecular weight is 455 g/mol. The van der Waals surface area contributed by atoms with Gasteiger partial charge in [0.2, 0.25) is 5.91 Å². The lowest BCUT2D eigenvalue weighted by Gasteiger charge is -2.14. The third-order valence-electron chi connectivity index (χ3n) is 5.03. The lowest BCUT2D eigenvalue weighted by molar-refractivity contribution is -0.113. The summed E-state index contributed by atoms with van der Waals surface area (Å²) in [6.07, 6.45) is 0.947. The minimum Gasteiger partial charge on any atom is -0.495 e. The van der Waals surface area contributed by atoms with E-state index in [1.807, 2.05) is 61.7 Å². The number of hydrogen-bond donors (Lipinski definition) is 1. The van der Waals surface area contributed by atoms with E-state index in [1.54, 1.807) is 7.11 Å². The van der Waals surface area contributed by atoms with Crippen molar-refractivity contribution < 1.29 is 19.0 Å². The van der Waals surface area contributed by atoms with E-state index in [1.165, 1.54) is 11.8 Å². The predicted octanol–water partition coefficient (Wildman–Crippen LogP) is 4.04. The molecular formula is C23H26N4O4S. The van der Waals surface area contributed by atoms with Crippen LogP contribution in [-0.4, -0.2) is 46.2 Å². The monoisotopic (exact) mass is 454 g/mol. The molecule has 32 heavy (non-hydrogen) atoms. The van der Waals surface area contributed by atoms with Crippen molar-refractivity contribution in [3.05, 3.63) is 47.8 Å². The van der Waals surface area contributed by atoms with Crippen molar-refractivity contribution in [2.24, 2.45) is 0 Å². The molecule has 2 heterocycles. The predicted molar refractivity (Wildman–Crippen MR) is 123 cm³/mol. The van der Waals surface area contributed by atoms with Crippen LogP contribution in [0.25, 0.3) is 5.69 Å². The Labute approximate surface area is 191 Å². The Hall–Kier alpha value is -3.20. The number of aromatic nitrogens is 3. The van der Waals surface area contributed by atoms with Gasteiger partial charge in [-0.2, -0.15) is 0 Å². The minimum atomic E-state index is -0.172. The van der Waals surface area contributed by atoms with Crippen molar-refractivity contribution in [3.8, 4) is 22.9 Å². The molecule has 0 unspecified atom stereocenters. The zero-order chi connectivity index (χ0) is 22.7. The number of benzene rings is 2. The largest absolute Gasteiger partial charge is 0.495 e. The summed E-state index contributed by atoms with van der Waals surface area (Å²) in [7, 11) is 1.62. The van der Waals surface area contributed by atoms with Gasteiger partial charge in [0, 0.05) is 18.1 Å². The van der Waals surface area contributed by atoms with Gasteiger partial charge in [-0.1, -0.05) is 23.9 Å². The van der Waals surface area contributed by atoms with Crippen LogP contribution in [0.3, 0.4) is 0 Å². The number of hydrogen-bond acceptors (Lipinski definition) is 7. The SMILES string of the molecule is CCOc1cc2c(cc1NC(=O)CSc1nnc(C)n1-c1ccccc1OC)O[C@H](C)C2. The van der Waals surface area contributed by atoms with Crippen molar-refractivity contribution in [2.75, 3.05) is 24.8 Å². The van der Waals surface area contributed by atoms with E-state index in [-0.39, 0.29) is 17.8 Å². The molecular weight excluding hydrogens is 428 g/mol. The maximum atomic E-state index is 12.8. The first-order valence-electron chi connectivity index (χ1n) is 10.4. The number of thioether (sulfide) groups is 1. The van der Waals surface area contributed by atoms with Gasteiger partial charge < -0.3 is 19.5 Å². The zero-order valence-corrected chi connectivity index (χ0v) is 19.4. The van der Waals surface area contributed by atoms with E-state index in [4.69, 9.17) is 14.2 Å². The van der Waals surface area contributed by atoms with Crippen molar-refractivity contribution in [3.63, 3.8) is 0 Å². The lowest BCUT2D eigenvalue weighted by Crippen LogP contribution is -2.15. The van der Waals surface area contributed by atoms with Crippen molar-refractivity contribution in [1.29, 1.82) is 0 Å². The molecule has 0 spiro atoms. The van der Waals surface area contributed by atoms with Crippen LogP contribution in [0.5, 0.6) is 17.2 Å². The third-order valence-corrected chi connectivity index (χ3v) is 5.95. The van der Waals surface area contributed by atoms with Crippen molar-refractivity contribution in [2.45, 2.75) is 38.5 Å². The Kier molecular flexibility index (Phi) is 6.55. The number of methoxy groups -OCH3 is 1. The molecule has 1 atom stereocenters. The molecule has 2 aromatic carbocycles. The van der Waals surface area contributed by atoms with Gasteiger partial charge in [-0.15, -0.1) is 10.2 Å². The van der Waals surface area contributed by atoms with Crippen molar-refractivity contribution in [1.82, 2.24) is 14.8 Å². The Bertz CT molecular complexity index is 1130. The summed E-state index contributed by atoms with van der Waals surface area (Å²) in [6.45, 7) is 6.31. The maximum Gasteiger partial charge on any atom is 0.234 e. The van der Waals surface area contributed by atoms with Gasteiger partial charge >= 0.3 is 0 Å². The molecule has 1 aliphatic heterocycles. The van der Waals surface area contributed by atoms with E-state index in [0.717, 1.165) is 23.4 Å². The first kappa shape index (κ1) is 22.0. The van der Waals surface area contributed by atoms with Crippen LogP contribution < -0.4 is 19.5 Å². The number of rotatable bonds is 8. The van der Waals surface area contributed by atoms with Gasteiger partial charge in [-0.25, -0.2) is 0 Å². The Morgan fingerprint density at radius 2 is 2.09 bits per heavy atom. The van der Waals surface area contributed by atoms with E-state index in [0.29, 0.717) is 34.8 Å². The second kappa shape index (κ2) is 9.52. The highest BCUT2D eigenvalue weighted by atomic mass is 32.2. The van der Waals surface area contributed by atoms with Gasteiger partial charge in [-0.3, -0.25) is 9.36 Å². The number of anilines is 1. The van der Waals surface area contributed by atoms with E-state index in [2.05, 4.69) is 15.5 Å². The van der Waals surface area contributed by atoms with Crippen LogP contribution in [-0.2, 0) is 11.2 Å². The maximum absolute atomic E-state index is 12.8. The van der Waals surface area contributed by atoms with Gasteiger partial charge in [0.15, 0.2) is 5.16 Å². The normalized spacial score (nSPS) is 14.6. The second-order valence-electron chi connectivity index (χ2n) is 7.40. The van der Waals surface area contributed by atoms with Crippen LogP contribution in [0.4, 0.5) is 5.69 Å². The first-order chi connectivity index (χ1) is 15.5. The molecule has 0 bridgehead atoms. The summed E-state index contributed by atoms with van der Waals surface area (Å²) in [5.41, 5.74) is 2.52. The fourth-order valence-corrected chi connectivity index (χ4v) is 4.45. The number of nitrogens with zero attached hydrogens (tertiary/aromatic N) is 3. The first-order valence-corrected chi connectivity index (χ1v) is 11.4. The molecule has 0 fully saturated rings. The molecule has 1 amide bonds. The summed E-state index contributed by atoms with van der Waals surface area (Å²) in [6, 6.07) is 11.4. The zero-order valence-electron chi connectivity index (χ0n) is 18.5. The number of fused-ring (bicyclic) bond motifs is 1. The van der Waals surface area contributed by atoms with E-state index < -0.39 is 0 Å². The van der Waals surface area contributed by atoms with Gasteiger partial charge in [0.25, 0.3) is 0 Å². The highest BCUT2D eigenvalue weighted by molar-refractivity contribution is 7.99. The van der Waals surface area contributed by atoms with Crippen LogP contribution in [0.15, 0.2) is 41.6 Å². The smallest absolute Gasteiger partial charge is 0.234 e. The average Bonchev–Trinajstić information content (AvgIpc) is 3.33. The second-order valence-corrected chi connectivity index (χ2v) is 8.34. The summed E-state index contributed by atoms with van der Waals surface area (Å²) in [5, 5.41) is 12.0. The Morgan fingerprint density at radius 1 is 1.28 bits per heavy atom. The molecule has 1 N–H and O–H groups in total. The molecule has 0 radical (unpaired) electrons. The summed E-state index contributed by atoms with van der Waals surface area (Å²) >= 11 is 1.30. The topological polar surface area (TPSA) is 87.5 Å². The third kappa shape index (κ3) is 4.52. The summed E-state index contributed by atoms with van der Waals surface area (Å²) < 4.78 is 18.9. The number of ether oxygens (including phenoxy) is 3. The number of aryl methyl sites for hydroxylation is 1. The van der Waals surface area contributed by atoms with Gasteiger partial charge in [0.05, 0.1) is 30.8 Å². The number of amides is 1. The molecule has 4 rings (SSSR count). The molecule has 9 heteroatoms. The molecule has 0 saturated heterocycles. The Morgan fingerprint density at radius 3 is 2.88 bits per heavy atom. The highest BCUT2D eigenvalue weighted by Crippen LogP contribution is 2.38. The number of carbonyl (C=O) groups excluding carboxylic acids is 1. The van der Waals surface area contributed by atoms with Crippen LogP contribution >= 0.6 is 11.8 Å². The molecule has 0 aliphatic carbocycles. The fraction of sp³-hybridized carbons (Fsp3) is 0.348. The minimum absolute atomic E-state index is 0.116. The quantitative estimate of drug-likeness (QED) is 0.514. The van der Waals surface area contributed by atoms with Crippen LogP contribution in [0.2, 0.25) is 0 Å². The van der Waals surface area contributed by atoms with Crippen molar-refractivity contribution >= 4 is 23.4 Å². The molecule has 1 aliphatic rings. The molecule has 3 aromatic rings. The molecule has 1 aromatic heterocycles. The highest BCUT2D eigenvalue weighted by Gasteiger charge is 2.23. The Balaban J connectivity index is 1.50. The van der Waals surface area contributed by atoms with Gasteiger partial charge in [0.1, 0.15) is 29.2 Å².